The Morgan fingerprint density at radius 1 is 1.25 bits per heavy atom. The van der Waals surface area contributed by atoms with Gasteiger partial charge in [0.2, 0.25) is 5.91 Å². The van der Waals surface area contributed by atoms with E-state index in [0.717, 1.165) is 51.7 Å². The van der Waals surface area contributed by atoms with E-state index in [4.69, 9.17) is 0 Å². The van der Waals surface area contributed by atoms with E-state index >= 15 is 0 Å². The van der Waals surface area contributed by atoms with E-state index in [0.29, 0.717) is 30.0 Å². The molecule has 0 aliphatic carbocycles. The Bertz CT molecular complexity index is 645. The lowest BCUT2D eigenvalue weighted by Gasteiger charge is -2.38. The van der Waals surface area contributed by atoms with Crippen LogP contribution in [0.4, 0.5) is 15.9 Å². The second-order valence-corrected chi connectivity index (χ2v) is 8.53. The number of piperidine rings is 1. The summed E-state index contributed by atoms with van der Waals surface area (Å²) < 4.78 is 14.6. The maximum Gasteiger partial charge on any atom is 0.238 e. The van der Waals surface area contributed by atoms with Gasteiger partial charge in [0.1, 0.15) is 0 Å². The normalized spacial score (nSPS) is 24.0. The molecule has 2 saturated heterocycles. The molecular formula is C22H35FN4O. The zero-order valence-electron chi connectivity index (χ0n) is 17.4. The van der Waals surface area contributed by atoms with Crippen molar-refractivity contribution in [2.75, 3.05) is 36.4 Å². The number of rotatable bonds is 6. The first-order valence-corrected chi connectivity index (χ1v) is 11.0. The van der Waals surface area contributed by atoms with E-state index in [1.807, 2.05) is 4.90 Å². The van der Waals surface area contributed by atoms with E-state index in [1.165, 1.54) is 25.3 Å². The monoisotopic (exact) mass is 390 g/mol. The average Bonchev–Trinajstić information content (AvgIpc) is 2.93. The molecule has 2 aliphatic heterocycles. The molecule has 2 atom stereocenters. The van der Waals surface area contributed by atoms with Crippen LogP contribution in [0.25, 0.3) is 0 Å². The third-order valence-corrected chi connectivity index (χ3v) is 6.03. The lowest BCUT2D eigenvalue weighted by molar-refractivity contribution is -0.118. The molecule has 156 valence electrons. The number of hydrogen-bond acceptors (Lipinski definition) is 4. The third-order valence-electron chi connectivity index (χ3n) is 6.03. The van der Waals surface area contributed by atoms with Crippen LogP contribution in [-0.2, 0) is 4.79 Å². The molecule has 0 aromatic carbocycles. The summed E-state index contributed by atoms with van der Waals surface area (Å²) in [6.45, 7) is 7.46. The number of likely N-dealkylation sites (tertiary alicyclic amines) is 1. The number of amides is 1. The fourth-order valence-electron chi connectivity index (χ4n) is 4.55. The molecule has 3 heterocycles. The topological polar surface area (TPSA) is 48.5 Å². The summed E-state index contributed by atoms with van der Waals surface area (Å²) in [4.78, 5) is 21.2. The molecular weight excluding hydrogens is 355 g/mol. The van der Waals surface area contributed by atoms with Crippen LogP contribution in [0.2, 0.25) is 0 Å². The minimum absolute atomic E-state index is 0.0843. The van der Waals surface area contributed by atoms with Gasteiger partial charge in [-0.2, -0.15) is 0 Å². The minimum atomic E-state index is -0.352. The number of carbonyl (C=O) groups excluding carboxylic acids is 1. The van der Waals surface area contributed by atoms with Crippen molar-refractivity contribution in [1.29, 1.82) is 0 Å². The molecule has 0 bridgehead atoms. The number of hydrogen-bond donors (Lipinski definition) is 1. The number of aromatic nitrogens is 1. The first kappa shape index (κ1) is 21.0. The van der Waals surface area contributed by atoms with Gasteiger partial charge >= 0.3 is 0 Å². The Balaban J connectivity index is 1.59. The van der Waals surface area contributed by atoms with Crippen molar-refractivity contribution >= 4 is 17.4 Å². The van der Waals surface area contributed by atoms with Gasteiger partial charge < -0.3 is 10.2 Å². The summed E-state index contributed by atoms with van der Waals surface area (Å²) in [5, 5.41) is 2.85. The maximum atomic E-state index is 14.6. The van der Waals surface area contributed by atoms with E-state index in [-0.39, 0.29) is 11.7 Å². The molecule has 0 spiro atoms. The highest BCUT2D eigenvalue weighted by Crippen LogP contribution is 2.25. The number of pyridine rings is 1. The second kappa shape index (κ2) is 10.2. The average molecular weight is 391 g/mol. The summed E-state index contributed by atoms with van der Waals surface area (Å²) in [5.74, 6) is 0.592. The summed E-state index contributed by atoms with van der Waals surface area (Å²) in [6.07, 6.45) is 10.8. The zero-order valence-corrected chi connectivity index (χ0v) is 17.4. The Labute approximate surface area is 168 Å². The molecule has 2 aliphatic rings. The van der Waals surface area contributed by atoms with Crippen LogP contribution in [0, 0.1) is 11.7 Å². The van der Waals surface area contributed by atoms with Crippen molar-refractivity contribution in [1.82, 2.24) is 9.88 Å². The molecule has 1 aromatic heterocycles. The molecule has 0 saturated carbocycles. The Kier molecular flexibility index (Phi) is 7.65. The van der Waals surface area contributed by atoms with Crippen molar-refractivity contribution in [3.63, 3.8) is 0 Å². The van der Waals surface area contributed by atoms with Gasteiger partial charge in [-0.3, -0.25) is 9.69 Å². The highest BCUT2D eigenvalue weighted by atomic mass is 19.1. The Hall–Kier alpha value is -1.69. The predicted molar refractivity (Wildman–Crippen MR) is 112 cm³/mol. The summed E-state index contributed by atoms with van der Waals surface area (Å²) in [7, 11) is 0. The van der Waals surface area contributed by atoms with Crippen LogP contribution in [0.5, 0.6) is 0 Å². The zero-order chi connectivity index (χ0) is 19.9. The van der Waals surface area contributed by atoms with Crippen molar-refractivity contribution in [3.8, 4) is 0 Å². The van der Waals surface area contributed by atoms with E-state index in [9.17, 15) is 9.18 Å². The second-order valence-electron chi connectivity index (χ2n) is 8.53. The largest absolute Gasteiger partial charge is 0.354 e. The maximum absolute atomic E-state index is 14.6. The van der Waals surface area contributed by atoms with Crippen LogP contribution < -0.4 is 10.2 Å². The van der Waals surface area contributed by atoms with Crippen molar-refractivity contribution in [2.45, 2.75) is 71.3 Å². The summed E-state index contributed by atoms with van der Waals surface area (Å²) >= 11 is 0. The molecule has 6 heteroatoms. The number of anilines is 2. The van der Waals surface area contributed by atoms with Gasteiger partial charge in [-0.1, -0.05) is 33.1 Å². The third kappa shape index (κ3) is 5.66. The smallest absolute Gasteiger partial charge is 0.238 e. The number of carbonyl (C=O) groups is 1. The highest BCUT2D eigenvalue weighted by molar-refractivity contribution is 5.92. The van der Waals surface area contributed by atoms with Crippen molar-refractivity contribution < 1.29 is 9.18 Å². The van der Waals surface area contributed by atoms with Gasteiger partial charge in [-0.25, -0.2) is 9.37 Å². The molecule has 1 N–H and O–H groups in total. The number of nitrogens with one attached hydrogen (secondary N) is 1. The van der Waals surface area contributed by atoms with Gasteiger partial charge in [0.05, 0.1) is 18.4 Å². The van der Waals surface area contributed by atoms with Crippen molar-refractivity contribution in [3.05, 3.63) is 18.1 Å². The first-order chi connectivity index (χ1) is 13.6. The SMILES string of the molecule is CCCC1CCC(C)CN1CC(=O)Nc1cnc(N2CCCCCC2)c(F)c1. The molecule has 1 aromatic rings. The summed E-state index contributed by atoms with van der Waals surface area (Å²) in [6, 6.07) is 1.89. The lowest BCUT2D eigenvalue weighted by atomic mass is 9.92. The molecule has 28 heavy (non-hydrogen) atoms. The quantitative estimate of drug-likeness (QED) is 0.780. The number of nitrogens with zero attached hydrogens (tertiary/aromatic N) is 3. The Morgan fingerprint density at radius 3 is 2.68 bits per heavy atom. The lowest BCUT2D eigenvalue weighted by Crippen LogP contribution is -2.46. The van der Waals surface area contributed by atoms with Gasteiger partial charge in [0, 0.05) is 31.7 Å². The van der Waals surface area contributed by atoms with E-state index in [2.05, 4.69) is 29.0 Å². The fraction of sp³-hybridized carbons (Fsp3) is 0.727. The summed E-state index contributed by atoms with van der Waals surface area (Å²) in [5.41, 5.74) is 0.443. The van der Waals surface area contributed by atoms with Crippen LogP contribution >= 0.6 is 0 Å². The van der Waals surface area contributed by atoms with E-state index in [1.54, 1.807) is 6.20 Å². The predicted octanol–water partition coefficient (Wildman–Crippen LogP) is 4.44. The van der Waals surface area contributed by atoms with Crippen LogP contribution in [0.1, 0.15) is 65.2 Å². The molecule has 2 fully saturated rings. The standard InChI is InChI=1S/C22H35FN4O/c1-3-8-19-10-9-17(2)15-27(19)16-21(28)25-18-13-20(23)22(24-14-18)26-11-6-4-5-7-12-26/h13-14,17,19H,3-12,15-16H2,1-2H3,(H,25,28). The van der Waals surface area contributed by atoms with Gasteiger partial charge in [-0.15, -0.1) is 0 Å². The molecule has 5 nitrogen and oxygen atoms in total. The van der Waals surface area contributed by atoms with Gasteiger partial charge in [0.15, 0.2) is 11.6 Å². The Morgan fingerprint density at radius 2 is 2.00 bits per heavy atom. The van der Waals surface area contributed by atoms with E-state index < -0.39 is 0 Å². The first-order valence-electron chi connectivity index (χ1n) is 11.0. The van der Waals surface area contributed by atoms with Crippen LogP contribution in [0.15, 0.2) is 12.3 Å². The van der Waals surface area contributed by atoms with Crippen molar-refractivity contribution in [2.24, 2.45) is 5.92 Å². The molecule has 1 amide bonds. The van der Waals surface area contributed by atoms with Crippen LogP contribution in [0.3, 0.4) is 0 Å². The molecule has 2 unspecified atom stereocenters. The number of halogens is 1. The molecule has 3 rings (SSSR count). The van der Waals surface area contributed by atoms with Crippen LogP contribution in [-0.4, -0.2) is 48.0 Å². The highest BCUT2D eigenvalue weighted by Gasteiger charge is 2.27. The van der Waals surface area contributed by atoms with Gasteiger partial charge in [-0.05, 0) is 38.0 Å². The minimum Gasteiger partial charge on any atom is -0.354 e. The van der Waals surface area contributed by atoms with Gasteiger partial charge in [0.25, 0.3) is 0 Å². The molecule has 0 radical (unpaired) electrons. The fourth-order valence-corrected chi connectivity index (χ4v) is 4.55.